The summed E-state index contributed by atoms with van der Waals surface area (Å²) in [7, 11) is 0. The molecular weight excluding hydrogens is 757 g/mol. The summed E-state index contributed by atoms with van der Waals surface area (Å²) >= 11 is 0. The molecule has 0 saturated heterocycles. The van der Waals surface area contributed by atoms with E-state index in [2.05, 4.69) is 167 Å². The van der Waals surface area contributed by atoms with E-state index >= 15 is 0 Å². The van der Waals surface area contributed by atoms with E-state index < -0.39 is 0 Å². The Labute approximate surface area is 360 Å². The minimum Gasteiger partial charge on any atom is -0.333 e. The standard InChI is InChI=1S/C56H42N6/c1-6-18-37(19-7-1)42-35-45(38-20-8-2-9-21-38)53-47(36-42)52-51(62(53)56-59-54(39-22-10-3-11-23-39)58-55(60-56)40-24-12-4-13-25-40)33-31-48(57-52)41-30-32-50-46(34-41)44-28-16-17-29-49(44)61(50)43-26-14-5-15-27-43/h1,3-8,10-26,28-34,36,43,45H,2,9,27,35H2. The van der Waals surface area contributed by atoms with Gasteiger partial charge in [0.2, 0.25) is 5.95 Å². The molecule has 0 N–H and O–H groups in total. The molecule has 0 bridgehead atoms. The normalized spacial score (nSPS) is 17.1. The van der Waals surface area contributed by atoms with Crippen LogP contribution < -0.4 is 0 Å². The number of nitrogens with zero attached hydrogens (tertiary/aromatic N) is 6. The van der Waals surface area contributed by atoms with Gasteiger partial charge < -0.3 is 4.57 Å². The molecule has 0 aliphatic heterocycles. The van der Waals surface area contributed by atoms with Crippen molar-refractivity contribution in [2.24, 2.45) is 0 Å². The Bertz CT molecular complexity index is 3290. The lowest BCUT2D eigenvalue weighted by molar-refractivity contribution is 0.648. The summed E-state index contributed by atoms with van der Waals surface area (Å²) in [5.74, 6) is 1.89. The number of rotatable bonds is 7. The molecule has 0 fully saturated rings. The fraction of sp³-hybridized carbons (Fsp3) is 0.107. The van der Waals surface area contributed by atoms with Gasteiger partial charge in [-0.15, -0.1) is 0 Å². The molecule has 0 spiro atoms. The Morgan fingerprint density at radius 1 is 0.548 bits per heavy atom. The van der Waals surface area contributed by atoms with Crippen molar-refractivity contribution in [3.05, 3.63) is 211 Å². The molecule has 3 aliphatic rings. The predicted molar refractivity (Wildman–Crippen MR) is 254 cm³/mol. The minimum atomic E-state index is 0.0442. The average Bonchev–Trinajstić information content (AvgIpc) is 3.87. The fourth-order valence-corrected chi connectivity index (χ4v) is 9.81. The van der Waals surface area contributed by atoms with Crippen molar-refractivity contribution < 1.29 is 0 Å². The van der Waals surface area contributed by atoms with Crippen molar-refractivity contribution >= 4 is 44.5 Å². The molecule has 0 saturated carbocycles. The van der Waals surface area contributed by atoms with Crippen molar-refractivity contribution in [1.29, 1.82) is 0 Å². The second kappa shape index (κ2) is 15.1. The quantitative estimate of drug-likeness (QED) is 0.161. The van der Waals surface area contributed by atoms with Crippen LogP contribution in [0.5, 0.6) is 0 Å². The first-order valence-corrected chi connectivity index (χ1v) is 21.7. The minimum absolute atomic E-state index is 0.0442. The Balaban J connectivity index is 1.12. The molecule has 2 atom stereocenters. The van der Waals surface area contributed by atoms with E-state index in [4.69, 9.17) is 19.9 Å². The molecule has 0 amide bonds. The van der Waals surface area contributed by atoms with Gasteiger partial charge in [-0.1, -0.05) is 158 Å². The van der Waals surface area contributed by atoms with Gasteiger partial charge in [0.05, 0.1) is 22.8 Å². The van der Waals surface area contributed by atoms with Crippen molar-refractivity contribution in [2.75, 3.05) is 0 Å². The molecule has 4 heterocycles. The van der Waals surface area contributed by atoms with Crippen LogP contribution in [0.4, 0.5) is 0 Å². The first-order chi connectivity index (χ1) is 30.7. The summed E-state index contributed by atoms with van der Waals surface area (Å²) in [5.41, 5.74) is 14.3. The van der Waals surface area contributed by atoms with Crippen LogP contribution in [-0.4, -0.2) is 29.1 Å². The Hall–Kier alpha value is -7.70. The van der Waals surface area contributed by atoms with Gasteiger partial charge in [-0.25, -0.2) is 9.97 Å². The largest absolute Gasteiger partial charge is 0.333 e. The summed E-state index contributed by atoms with van der Waals surface area (Å²) in [6.45, 7) is 0. The van der Waals surface area contributed by atoms with Crippen LogP contribution in [0.15, 0.2) is 194 Å². The van der Waals surface area contributed by atoms with Crippen molar-refractivity contribution in [3.63, 3.8) is 0 Å². The third kappa shape index (κ3) is 6.17. The van der Waals surface area contributed by atoms with E-state index in [1.807, 2.05) is 36.4 Å². The fourth-order valence-electron chi connectivity index (χ4n) is 9.81. The van der Waals surface area contributed by atoms with E-state index in [-0.39, 0.29) is 12.0 Å². The molecular formula is C56H42N6. The molecule has 6 heteroatoms. The highest BCUT2D eigenvalue weighted by molar-refractivity contribution is 6.09. The molecule has 6 nitrogen and oxygen atoms in total. The molecule has 4 aromatic heterocycles. The third-order valence-corrected chi connectivity index (χ3v) is 12.7. The molecule has 0 radical (unpaired) electrons. The van der Waals surface area contributed by atoms with Crippen LogP contribution in [0, 0.1) is 0 Å². The van der Waals surface area contributed by atoms with Crippen LogP contribution in [0.25, 0.3) is 84.5 Å². The smallest absolute Gasteiger partial charge is 0.238 e. The number of pyridine rings is 1. The van der Waals surface area contributed by atoms with Crippen LogP contribution >= 0.6 is 0 Å². The Morgan fingerprint density at radius 3 is 1.95 bits per heavy atom. The van der Waals surface area contributed by atoms with Crippen LogP contribution in [0.2, 0.25) is 0 Å². The monoisotopic (exact) mass is 798 g/mol. The molecule has 12 rings (SSSR count). The van der Waals surface area contributed by atoms with Gasteiger partial charge >= 0.3 is 0 Å². The van der Waals surface area contributed by atoms with E-state index in [1.54, 1.807) is 0 Å². The average molecular weight is 799 g/mol. The second-order valence-electron chi connectivity index (χ2n) is 16.4. The molecule has 2 unspecified atom stereocenters. The van der Waals surface area contributed by atoms with E-state index in [9.17, 15) is 0 Å². The maximum atomic E-state index is 5.66. The van der Waals surface area contributed by atoms with Gasteiger partial charge in [0.1, 0.15) is 0 Å². The highest BCUT2D eigenvalue weighted by Crippen LogP contribution is 2.48. The first kappa shape index (κ1) is 36.2. The van der Waals surface area contributed by atoms with Gasteiger partial charge in [0, 0.05) is 55.7 Å². The van der Waals surface area contributed by atoms with Gasteiger partial charge in [-0.2, -0.15) is 9.97 Å². The van der Waals surface area contributed by atoms with Crippen molar-refractivity contribution in [1.82, 2.24) is 29.1 Å². The van der Waals surface area contributed by atoms with Crippen molar-refractivity contribution in [3.8, 4) is 40.0 Å². The van der Waals surface area contributed by atoms with Gasteiger partial charge in [0.25, 0.3) is 0 Å². The van der Waals surface area contributed by atoms with E-state index in [0.29, 0.717) is 17.6 Å². The maximum absolute atomic E-state index is 5.66. The lowest BCUT2D eigenvalue weighted by Crippen LogP contribution is -2.16. The number of allylic oxidation sites excluding steroid dienone is 9. The summed E-state index contributed by atoms with van der Waals surface area (Å²) in [4.78, 5) is 21.4. The lowest BCUT2D eigenvalue weighted by Gasteiger charge is -2.28. The number of benzene rings is 5. The van der Waals surface area contributed by atoms with Gasteiger partial charge in [-0.05, 0) is 78.8 Å². The first-order valence-electron chi connectivity index (χ1n) is 21.7. The van der Waals surface area contributed by atoms with E-state index in [1.165, 1.54) is 38.5 Å². The van der Waals surface area contributed by atoms with Crippen molar-refractivity contribution in [2.45, 2.75) is 37.6 Å². The SMILES string of the molecule is C1=CCC(n2c3ccccc3c3cc(-c4ccc5c(n4)c4c(n5-c5nc(-c6ccccc6)nc(-c6ccccc6)n5)C(C5=CCCC=C5)CC(c5ccccc5)=C4)ccc32)C=C1. The Morgan fingerprint density at radius 2 is 1.24 bits per heavy atom. The number of hydrogen-bond acceptors (Lipinski definition) is 4. The lowest BCUT2D eigenvalue weighted by atomic mass is 9.79. The van der Waals surface area contributed by atoms with Crippen LogP contribution in [-0.2, 0) is 0 Å². The van der Waals surface area contributed by atoms with Crippen LogP contribution in [0.3, 0.4) is 0 Å². The second-order valence-corrected chi connectivity index (χ2v) is 16.4. The zero-order chi connectivity index (χ0) is 41.0. The Kier molecular flexibility index (Phi) is 8.80. The number of aromatic nitrogens is 6. The summed E-state index contributed by atoms with van der Waals surface area (Å²) in [6, 6.07) is 51.6. The van der Waals surface area contributed by atoms with Gasteiger partial charge in [0.15, 0.2) is 11.6 Å². The molecule has 296 valence electrons. The predicted octanol–water partition coefficient (Wildman–Crippen LogP) is 13.7. The maximum Gasteiger partial charge on any atom is 0.238 e. The topological polar surface area (TPSA) is 61.4 Å². The van der Waals surface area contributed by atoms with Gasteiger partial charge in [-0.3, -0.25) is 4.57 Å². The number of fused-ring (bicyclic) bond motifs is 6. The molecule has 9 aromatic rings. The number of para-hydroxylation sites is 1. The third-order valence-electron chi connectivity index (χ3n) is 12.7. The highest BCUT2D eigenvalue weighted by Gasteiger charge is 2.33. The number of hydrogen-bond donors (Lipinski definition) is 0. The summed E-state index contributed by atoms with van der Waals surface area (Å²) in [5, 5.41) is 2.49. The molecule has 5 aromatic carbocycles. The molecule has 3 aliphatic carbocycles. The zero-order valence-electron chi connectivity index (χ0n) is 34.1. The highest BCUT2D eigenvalue weighted by atomic mass is 15.2. The van der Waals surface area contributed by atoms with Crippen LogP contribution in [0.1, 0.15) is 54.5 Å². The van der Waals surface area contributed by atoms with E-state index in [0.717, 1.165) is 70.4 Å². The zero-order valence-corrected chi connectivity index (χ0v) is 34.1. The summed E-state index contributed by atoms with van der Waals surface area (Å²) in [6.07, 6.45) is 22.2. The summed E-state index contributed by atoms with van der Waals surface area (Å²) < 4.78 is 4.78. The molecule has 62 heavy (non-hydrogen) atoms.